The third-order valence-electron chi connectivity index (χ3n) is 1.54. The van der Waals surface area contributed by atoms with Crippen LogP contribution in [0.4, 0.5) is 0 Å². The molecule has 60 valence electrons. The minimum Gasteiger partial charge on any atom is -0.496 e. The molecule has 0 fully saturated rings. The van der Waals surface area contributed by atoms with E-state index >= 15 is 0 Å². The molecule has 0 radical (unpaired) electrons. The van der Waals surface area contributed by atoms with E-state index in [1.807, 2.05) is 12.3 Å². The maximum absolute atomic E-state index is 5.20. The molecule has 0 heterocycles. The highest BCUT2D eigenvalue weighted by atomic mass is 32.2. The minimum absolute atomic E-state index is 0.970. The second-order valence-electron chi connectivity index (χ2n) is 2.36. The SMILES string of the molecule is COc1cc(C)ccc1SC. The Hall–Kier alpha value is -0.630. The summed E-state index contributed by atoms with van der Waals surface area (Å²) < 4.78 is 5.20. The van der Waals surface area contributed by atoms with Gasteiger partial charge in [-0.05, 0) is 30.9 Å². The molecule has 0 aliphatic heterocycles. The highest BCUT2D eigenvalue weighted by Gasteiger charge is 1.99. The topological polar surface area (TPSA) is 9.23 Å². The highest BCUT2D eigenvalue weighted by Crippen LogP contribution is 2.27. The van der Waals surface area contributed by atoms with Gasteiger partial charge in [-0.15, -0.1) is 11.8 Å². The van der Waals surface area contributed by atoms with Crippen molar-refractivity contribution in [3.63, 3.8) is 0 Å². The summed E-state index contributed by atoms with van der Waals surface area (Å²) in [6.07, 6.45) is 2.05. The molecule has 0 bridgehead atoms. The molecule has 0 spiro atoms. The third-order valence-corrected chi connectivity index (χ3v) is 2.32. The van der Waals surface area contributed by atoms with Crippen LogP contribution >= 0.6 is 11.8 Å². The first-order chi connectivity index (χ1) is 5.27. The van der Waals surface area contributed by atoms with Gasteiger partial charge in [0, 0.05) is 4.90 Å². The number of rotatable bonds is 2. The lowest BCUT2D eigenvalue weighted by Crippen LogP contribution is -1.86. The number of benzene rings is 1. The van der Waals surface area contributed by atoms with Crippen molar-refractivity contribution in [1.29, 1.82) is 0 Å². The zero-order chi connectivity index (χ0) is 8.27. The predicted molar refractivity (Wildman–Crippen MR) is 49.5 cm³/mol. The summed E-state index contributed by atoms with van der Waals surface area (Å²) in [5.74, 6) is 0.970. The largest absolute Gasteiger partial charge is 0.496 e. The van der Waals surface area contributed by atoms with E-state index in [9.17, 15) is 0 Å². The molecule has 0 aliphatic carbocycles. The average Bonchev–Trinajstić information content (AvgIpc) is 2.04. The van der Waals surface area contributed by atoms with Crippen LogP contribution < -0.4 is 4.74 Å². The molecular weight excluding hydrogens is 156 g/mol. The Bertz CT molecular complexity index is 245. The van der Waals surface area contributed by atoms with Crippen molar-refractivity contribution < 1.29 is 4.74 Å². The highest BCUT2D eigenvalue weighted by molar-refractivity contribution is 7.98. The summed E-state index contributed by atoms with van der Waals surface area (Å²) in [7, 11) is 1.70. The number of thioether (sulfide) groups is 1. The summed E-state index contributed by atoms with van der Waals surface area (Å²) in [6, 6.07) is 6.22. The van der Waals surface area contributed by atoms with Crippen LogP contribution in [0.3, 0.4) is 0 Å². The molecule has 0 saturated carbocycles. The number of ether oxygens (including phenoxy) is 1. The van der Waals surface area contributed by atoms with Gasteiger partial charge in [0.25, 0.3) is 0 Å². The van der Waals surface area contributed by atoms with Crippen LogP contribution in [0.1, 0.15) is 5.56 Å². The molecule has 0 N–H and O–H groups in total. The van der Waals surface area contributed by atoms with Crippen molar-refractivity contribution in [3.05, 3.63) is 23.8 Å². The molecule has 0 aromatic heterocycles. The van der Waals surface area contributed by atoms with Crippen molar-refractivity contribution in [2.24, 2.45) is 0 Å². The first kappa shape index (κ1) is 8.47. The second kappa shape index (κ2) is 3.67. The molecule has 1 aromatic carbocycles. The Morgan fingerprint density at radius 1 is 1.36 bits per heavy atom. The second-order valence-corrected chi connectivity index (χ2v) is 3.21. The molecule has 0 unspecified atom stereocenters. The summed E-state index contributed by atoms with van der Waals surface area (Å²) >= 11 is 1.70. The molecule has 0 saturated heterocycles. The first-order valence-electron chi connectivity index (χ1n) is 3.46. The number of hydrogen-bond acceptors (Lipinski definition) is 2. The standard InChI is InChI=1S/C9H12OS/c1-7-4-5-9(11-3)8(6-7)10-2/h4-6H,1-3H3. The van der Waals surface area contributed by atoms with Gasteiger partial charge < -0.3 is 4.74 Å². The van der Waals surface area contributed by atoms with Crippen LogP contribution in [-0.2, 0) is 0 Å². The van der Waals surface area contributed by atoms with E-state index in [0.717, 1.165) is 5.75 Å². The Morgan fingerprint density at radius 2 is 2.09 bits per heavy atom. The van der Waals surface area contributed by atoms with Gasteiger partial charge in [0.05, 0.1) is 7.11 Å². The maximum atomic E-state index is 5.20. The summed E-state index contributed by atoms with van der Waals surface area (Å²) in [5.41, 5.74) is 1.24. The molecule has 1 nitrogen and oxygen atoms in total. The number of methoxy groups -OCH3 is 1. The Labute approximate surface area is 71.8 Å². The van der Waals surface area contributed by atoms with E-state index in [2.05, 4.69) is 19.1 Å². The molecule has 11 heavy (non-hydrogen) atoms. The Kier molecular flexibility index (Phi) is 2.83. The summed E-state index contributed by atoms with van der Waals surface area (Å²) in [6.45, 7) is 2.06. The Balaban J connectivity index is 3.06. The molecule has 0 aliphatic rings. The molecule has 1 aromatic rings. The lowest BCUT2D eigenvalue weighted by Gasteiger charge is -2.05. The van der Waals surface area contributed by atoms with Crippen LogP contribution in [0, 0.1) is 6.92 Å². The third kappa shape index (κ3) is 1.90. The molecule has 2 heteroatoms. The van der Waals surface area contributed by atoms with Gasteiger partial charge in [-0.3, -0.25) is 0 Å². The van der Waals surface area contributed by atoms with E-state index in [0.29, 0.717) is 0 Å². The van der Waals surface area contributed by atoms with Crippen molar-refractivity contribution in [2.75, 3.05) is 13.4 Å². The van der Waals surface area contributed by atoms with Crippen LogP contribution in [0.15, 0.2) is 23.1 Å². The van der Waals surface area contributed by atoms with Gasteiger partial charge in [-0.2, -0.15) is 0 Å². The molecular formula is C9H12OS. The summed E-state index contributed by atoms with van der Waals surface area (Å²) in [4.78, 5) is 1.19. The first-order valence-corrected chi connectivity index (χ1v) is 4.69. The maximum Gasteiger partial charge on any atom is 0.132 e. The van der Waals surface area contributed by atoms with Gasteiger partial charge >= 0.3 is 0 Å². The smallest absolute Gasteiger partial charge is 0.132 e. The van der Waals surface area contributed by atoms with E-state index < -0.39 is 0 Å². The van der Waals surface area contributed by atoms with Crippen molar-refractivity contribution in [2.45, 2.75) is 11.8 Å². The average molecular weight is 168 g/mol. The molecule has 0 amide bonds. The normalized spacial score (nSPS) is 9.73. The fourth-order valence-corrected chi connectivity index (χ4v) is 1.49. The number of hydrogen-bond donors (Lipinski definition) is 0. The Morgan fingerprint density at radius 3 is 2.64 bits per heavy atom. The van der Waals surface area contributed by atoms with Crippen LogP contribution in [0.5, 0.6) is 5.75 Å². The van der Waals surface area contributed by atoms with Crippen molar-refractivity contribution in [3.8, 4) is 5.75 Å². The fraction of sp³-hybridized carbons (Fsp3) is 0.333. The van der Waals surface area contributed by atoms with Gasteiger partial charge in [0.2, 0.25) is 0 Å². The monoisotopic (exact) mass is 168 g/mol. The predicted octanol–water partition coefficient (Wildman–Crippen LogP) is 2.73. The number of aryl methyl sites for hydroxylation is 1. The van der Waals surface area contributed by atoms with Crippen molar-refractivity contribution >= 4 is 11.8 Å². The lowest BCUT2D eigenvalue weighted by atomic mass is 10.2. The van der Waals surface area contributed by atoms with Crippen LogP contribution in [0.25, 0.3) is 0 Å². The molecule has 0 atom stereocenters. The lowest BCUT2D eigenvalue weighted by molar-refractivity contribution is 0.404. The minimum atomic E-state index is 0.970. The van der Waals surface area contributed by atoms with E-state index in [-0.39, 0.29) is 0 Å². The van der Waals surface area contributed by atoms with Gasteiger partial charge in [0.15, 0.2) is 0 Å². The quantitative estimate of drug-likeness (QED) is 0.628. The van der Waals surface area contributed by atoms with Crippen LogP contribution in [-0.4, -0.2) is 13.4 Å². The van der Waals surface area contributed by atoms with Crippen LogP contribution in [0.2, 0.25) is 0 Å². The van der Waals surface area contributed by atoms with E-state index in [1.54, 1.807) is 18.9 Å². The summed E-state index contributed by atoms with van der Waals surface area (Å²) in [5, 5.41) is 0. The van der Waals surface area contributed by atoms with Gasteiger partial charge in [-0.25, -0.2) is 0 Å². The van der Waals surface area contributed by atoms with E-state index in [1.165, 1.54) is 10.5 Å². The fourth-order valence-electron chi connectivity index (χ4n) is 0.943. The zero-order valence-electron chi connectivity index (χ0n) is 7.05. The van der Waals surface area contributed by atoms with Crippen molar-refractivity contribution in [1.82, 2.24) is 0 Å². The van der Waals surface area contributed by atoms with Gasteiger partial charge in [0.1, 0.15) is 5.75 Å². The zero-order valence-corrected chi connectivity index (χ0v) is 7.87. The van der Waals surface area contributed by atoms with Gasteiger partial charge in [-0.1, -0.05) is 6.07 Å². The molecule has 1 rings (SSSR count). The van der Waals surface area contributed by atoms with E-state index in [4.69, 9.17) is 4.74 Å².